The highest BCUT2D eigenvalue weighted by molar-refractivity contribution is 7.10. The third-order valence-electron chi connectivity index (χ3n) is 2.63. The molecule has 0 fully saturated rings. The summed E-state index contributed by atoms with van der Waals surface area (Å²) in [6.07, 6.45) is 3.91. The summed E-state index contributed by atoms with van der Waals surface area (Å²) in [6, 6.07) is 3.94. The Morgan fingerprint density at radius 2 is 2.21 bits per heavy atom. The lowest BCUT2D eigenvalue weighted by molar-refractivity contribution is -0.138. The average Bonchev–Trinajstić information content (AvgIpc) is 2.84. The molecule has 0 aliphatic carbocycles. The molecule has 5 heteroatoms. The number of carbonyl (C=O) groups is 2. The number of amides is 1. The number of hydrogen-bond acceptors (Lipinski definition) is 3. The van der Waals surface area contributed by atoms with Gasteiger partial charge in [0, 0.05) is 30.0 Å². The van der Waals surface area contributed by atoms with Crippen LogP contribution >= 0.6 is 11.3 Å². The first kappa shape index (κ1) is 15.4. The largest absolute Gasteiger partial charge is 0.481 e. The maximum atomic E-state index is 12.1. The summed E-state index contributed by atoms with van der Waals surface area (Å²) >= 11 is 1.57. The Hall–Kier alpha value is -1.62. The third-order valence-corrected chi connectivity index (χ3v) is 3.47. The Morgan fingerprint density at radius 1 is 1.47 bits per heavy atom. The molecule has 0 radical (unpaired) electrons. The molecule has 0 aliphatic heterocycles. The van der Waals surface area contributed by atoms with Crippen LogP contribution in [0.1, 0.15) is 31.6 Å². The van der Waals surface area contributed by atoms with Gasteiger partial charge in [-0.05, 0) is 37.8 Å². The summed E-state index contributed by atoms with van der Waals surface area (Å²) in [5.41, 5.74) is 0. The van der Waals surface area contributed by atoms with Crippen molar-refractivity contribution in [2.24, 2.45) is 0 Å². The highest BCUT2D eigenvalue weighted by atomic mass is 32.1. The van der Waals surface area contributed by atoms with Crippen molar-refractivity contribution < 1.29 is 14.7 Å². The van der Waals surface area contributed by atoms with Crippen LogP contribution < -0.4 is 0 Å². The molecule has 0 spiro atoms. The van der Waals surface area contributed by atoms with E-state index >= 15 is 0 Å². The van der Waals surface area contributed by atoms with E-state index in [0.717, 1.165) is 4.88 Å². The fourth-order valence-corrected chi connectivity index (χ4v) is 2.28. The van der Waals surface area contributed by atoms with Gasteiger partial charge in [-0.1, -0.05) is 6.07 Å². The van der Waals surface area contributed by atoms with E-state index in [9.17, 15) is 9.59 Å². The maximum Gasteiger partial charge on any atom is 0.303 e. The van der Waals surface area contributed by atoms with Crippen LogP contribution in [-0.4, -0.2) is 34.5 Å². The minimum atomic E-state index is -0.828. The minimum Gasteiger partial charge on any atom is -0.481 e. The van der Waals surface area contributed by atoms with Gasteiger partial charge in [-0.15, -0.1) is 11.3 Å². The normalized spacial score (nSPS) is 11.1. The molecule has 1 heterocycles. The summed E-state index contributed by atoms with van der Waals surface area (Å²) in [6.45, 7) is 4.33. The summed E-state index contributed by atoms with van der Waals surface area (Å²) in [5, 5.41) is 10.6. The number of thiophene rings is 1. The fourth-order valence-electron chi connectivity index (χ4n) is 1.66. The van der Waals surface area contributed by atoms with Gasteiger partial charge in [-0.3, -0.25) is 9.59 Å². The molecule has 104 valence electrons. The first-order chi connectivity index (χ1) is 9.00. The van der Waals surface area contributed by atoms with Gasteiger partial charge < -0.3 is 10.0 Å². The van der Waals surface area contributed by atoms with Gasteiger partial charge in [0.2, 0.25) is 5.91 Å². The summed E-state index contributed by atoms with van der Waals surface area (Å²) in [4.78, 5) is 25.3. The van der Waals surface area contributed by atoms with E-state index in [1.54, 1.807) is 28.4 Å². The summed E-state index contributed by atoms with van der Waals surface area (Å²) < 4.78 is 0. The third kappa shape index (κ3) is 5.70. The predicted octanol–water partition coefficient (Wildman–Crippen LogP) is 2.86. The molecule has 0 saturated heterocycles. The van der Waals surface area contributed by atoms with Gasteiger partial charge in [0.1, 0.15) is 0 Å². The lowest BCUT2D eigenvalue weighted by Gasteiger charge is -2.25. The average molecular weight is 281 g/mol. The molecule has 0 bridgehead atoms. The number of hydrogen-bond donors (Lipinski definition) is 1. The number of nitrogens with zero attached hydrogens (tertiary/aromatic N) is 1. The highest BCUT2D eigenvalue weighted by Crippen LogP contribution is 2.11. The molecule has 1 aromatic heterocycles. The van der Waals surface area contributed by atoms with E-state index in [-0.39, 0.29) is 18.4 Å². The molecule has 4 nitrogen and oxygen atoms in total. The highest BCUT2D eigenvalue weighted by Gasteiger charge is 2.14. The summed E-state index contributed by atoms with van der Waals surface area (Å²) in [5.74, 6) is -0.904. The van der Waals surface area contributed by atoms with E-state index < -0.39 is 5.97 Å². The second-order valence-corrected chi connectivity index (χ2v) is 5.45. The molecular formula is C14H19NO3S. The van der Waals surface area contributed by atoms with Gasteiger partial charge in [-0.25, -0.2) is 0 Å². The van der Waals surface area contributed by atoms with Crippen LogP contribution in [-0.2, 0) is 9.59 Å². The number of carbonyl (C=O) groups excluding carboxylic acids is 1. The number of carboxylic acid groups (broad SMARTS) is 1. The zero-order valence-electron chi connectivity index (χ0n) is 11.2. The van der Waals surface area contributed by atoms with Gasteiger partial charge in [-0.2, -0.15) is 0 Å². The lowest BCUT2D eigenvalue weighted by atomic mass is 10.2. The molecule has 0 aromatic carbocycles. The first-order valence-corrected chi connectivity index (χ1v) is 7.12. The molecule has 1 N–H and O–H groups in total. The SMILES string of the molecule is CC(C)N(CCCC(=O)O)C(=O)/C=C/c1cccs1. The van der Waals surface area contributed by atoms with E-state index in [2.05, 4.69) is 0 Å². The zero-order valence-corrected chi connectivity index (χ0v) is 12.0. The fraction of sp³-hybridized carbons (Fsp3) is 0.429. The Bertz CT molecular complexity index is 438. The first-order valence-electron chi connectivity index (χ1n) is 6.24. The second kappa shape index (κ2) is 7.74. The molecule has 1 rings (SSSR count). The van der Waals surface area contributed by atoms with Crippen molar-refractivity contribution in [2.45, 2.75) is 32.7 Å². The molecule has 0 saturated carbocycles. The second-order valence-electron chi connectivity index (χ2n) is 4.47. The molecule has 0 aliphatic rings. The Balaban J connectivity index is 2.55. The topological polar surface area (TPSA) is 57.6 Å². The van der Waals surface area contributed by atoms with Crippen LogP contribution in [0.2, 0.25) is 0 Å². The predicted molar refractivity (Wildman–Crippen MR) is 77.1 cm³/mol. The van der Waals surface area contributed by atoms with Crippen molar-refractivity contribution in [3.05, 3.63) is 28.5 Å². The van der Waals surface area contributed by atoms with Crippen LogP contribution in [0.25, 0.3) is 6.08 Å². The van der Waals surface area contributed by atoms with Gasteiger partial charge in [0.15, 0.2) is 0 Å². The van der Waals surface area contributed by atoms with Crippen LogP contribution in [0.4, 0.5) is 0 Å². The van der Waals surface area contributed by atoms with Crippen molar-refractivity contribution in [2.75, 3.05) is 6.54 Å². The van der Waals surface area contributed by atoms with Crippen molar-refractivity contribution in [3.63, 3.8) is 0 Å². The van der Waals surface area contributed by atoms with Gasteiger partial charge in [0.25, 0.3) is 0 Å². The van der Waals surface area contributed by atoms with Crippen molar-refractivity contribution in [1.82, 2.24) is 4.90 Å². The zero-order chi connectivity index (χ0) is 14.3. The van der Waals surface area contributed by atoms with E-state index in [1.165, 1.54) is 0 Å². The summed E-state index contributed by atoms with van der Waals surface area (Å²) in [7, 11) is 0. The minimum absolute atomic E-state index is 0.0641. The molecular weight excluding hydrogens is 262 g/mol. The number of aliphatic carboxylic acids is 1. The smallest absolute Gasteiger partial charge is 0.303 e. The Kier molecular flexibility index (Phi) is 6.29. The van der Waals surface area contributed by atoms with Crippen LogP contribution in [0, 0.1) is 0 Å². The van der Waals surface area contributed by atoms with Crippen LogP contribution in [0.5, 0.6) is 0 Å². The molecule has 0 atom stereocenters. The maximum absolute atomic E-state index is 12.1. The van der Waals surface area contributed by atoms with Crippen molar-refractivity contribution in [1.29, 1.82) is 0 Å². The van der Waals surface area contributed by atoms with Crippen molar-refractivity contribution in [3.8, 4) is 0 Å². The quantitative estimate of drug-likeness (QED) is 0.782. The van der Waals surface area contributed by atoms with Gasteiger partial charge in [0.05, 0.1) is 0 Å². The van der Waals surface area contributed by atoms with E-state index in [4.69, 9.17) is 5.11 Å². The Morgan fingerprint density at radius 3 is 2.74 bits per heavy atom. The van der Waals surface area contributed by atoms with Gasteiger partial charge >= 0.3 is 5.97 Å². The van der Waals surface area contributed by atoms with Crippen LogP contribution in [0.3, 0.4) is 0 Å². The molecule has 1 aromatic rings. The standard InChI is InChI=1S/C14H19NO3S/c1-11(2)15(9-3-6-14(17)18)13(16)8-7-12-5-4-10-19-12/h4-5,7-8,10-11H,3,6,9H2,1-2H3,(H,17,18)/b8-7+. The van der Waals surface area contributed by atoms with Crippen molar-refractivity contribution >= 4 is 29.3 Å². The van der Waals surface area contributed by atoms with E-state index in [0.29, 0.717) is 13.0 Å². The lowest BCUT2D eigenvalue weighted by Crippen LogP contribution is -2.36. The number of rotatable bonds is 7. The molecule has 0 unspecified atom stereocenters. The monoisotopic (exact) mass is 281 g/mol. The number of carboxylic acids is 1. The molecule has 19 heavy (non-hydrogen) atoms. The molecule has 1 amide bonds. The van der Waals surface area contributed by atoms with Crippen LogP contribution in [0.15, 0.2) is 23.6 Å². The van der Waals surface area contributed by atoms with E-state index in [1.807, 2.05) is 31.4 Å². The Labute approximate surface area is 117 Å².